The summed E-state index contributed by atoms with van der Waals surface area (Å²) in [4.78, 5) is 33.8. The number of sulfonamides is 1. The number of carbonyl (C=O) groups excluding carboxylic acids is 1. The van der Waals surface area contributed by atoms with E-state index in [9.17, 15) is 23.1 Å². The fraction of sp³-hybridized carbons (Fsp3) is 0.368. The predicted molar refractivity (Wildman–Crippen MR) is 117 cm³/mol. The normalized spacial score (nSPS) is 17.4. The van der Waals surface area contributed by atoms with Gasteiger partial charge in [0, 0.05) is 18.0 Å². The van der Waals surface area contributed by atoms with Crippen LogP contribution in [0.2, 0.25) is 0 Å². The first-order chi connectivity index (χ1) is 15.2. The van der Waals surface area contributed by atoms with Crippen LogP contribution in [0.25, 0.3) is 0 Å². The Morgan fingerprint density at radius 2 is 2.03 bits per heavy atom. The molecule has 172 valence electrons. The summed E-state index contributed by atoms with van der Waals surface area (Å²) in [7, 11) is -4.26. The molecule has 0 radical (unpaired) electrons. The van der Waals surface area contributed by atoms with Crippen LogP contribution in [0.1, 0.15) is 31.4 Å². The van der Waals surface area contributed by atoms with Gasteiger partial charge < -0.3 is 21.0 Å². The van der Waals surface area contributed by atoms with E-state index in [0.717, 1.165) is 5.69 Å². The predicted octanol–water partition coefficient (Wildman–Crippen LogP) is 1.09. The van der Waals surface area contributed by atoms with Crippen molar-refractivity contribution >= 4 is 44.6 Å². The van der Waals surface area contributed by atoms with Gasteiger partial charge in [-0.15, -0.1) is 11.3 Å². The van der Waals surface area contributed by atoms with Crippen molar-refractivity contribution in [1.29, 1.82) is 0 Å². The molecule has 32 heavy (non-hydrogen) atoms. The SMILES string of the molecule is Nc1nc(CCCCC(NC(=O)C2CC=NO2)(NS(=O)(=O)c2ccccc2)C(=O)O)cs1. The maximum atomic E-state index is 12.9. The number of unbranched alkanes of at least 4 members (excludes halogenated alkanes) is 1. The standard InChI is InChI=1S/C19H23N5O6S2/c20-18-22-13(12-31-18)6-4-5-10-19(17(26)27,23-16(25)15-9-11-21-30-15)24-32(28,29)14-7-2-1-3-8-14/h1-3,7-8,11-12,15,24H,4-6,9-10H2,(H2,20,22)(H,23,25)(H,26,27). The van der Waals surface area contributed by atoms with Crippen LogP contribution >= 0.6 is 11.3 Å². The minimum atomic E-state index is -4.26. The summed E-state index contributed by atoms with van der Waals surface area (Å²) in [6, 6.07) is 7.32. The van der Waals surface area contributed by atoms with E-state index in [1.807, 2.05) is 0 Å². The van der Waals surface area contributed by atoms with E-state index >= 15 is 0 Å². The summed E-state index contributed by atoms with van der Waals surface area (Å²) in [5.74, 6) is -2.32. The molecule has 1 amide bonds. The van der Waals surface area contributed by atoms with Gasteiger partial charge in [0.05, 0.1) is 10.6 Å². The lowest BCUT2D eigenvalue weighted by Gasteiger charge is -2.32. The van der Waals surface area contributed by atoms with Gasteiger partial charge in [0.1, 0.15) is 0 Å². The molecule has 0 aliphatic carbocycles. The number of nitrogen functional groups attached to an aromatic ring is 1. The highest BCUT2D eigenvalue weighted by Crippen LogP contribution is 2.21. The number of aromatic nitrogens is 1. The first-order valence-corrected chi connectivity index (χ1v) is 12.1. The maximum absolute atomic E-state index is 12.9. The molecule has 2 unspecified atom stereocenters. The number of amides is 1. The molecule has 11 nitrogen and oxygen atoms in total. The number of aryl methyl sites for hydroxylation is 1. The lowest BCUT2D eigenvalue weighted by molar-refractivity contribution is -0.151. The summed E-state index contributed by atoms with van der Waals surface area (Å²) in [6.45, 7) is 0. The number of nitrogens with zero attached hydrogens (tertiary/aromatic N) is 2. The van der Waals surface area contributed by atoms with E-state index in [-0.39, 0.29) is 24.2 Å². The van der Waals surface area contributed by atoms with Crippen molar-refractivity contribution in [3.63, 3.8) is 0 Å². The average Bonchev–Trinajstić information content (AvgIpc) is 3.43. The fourth-order valence-electron chi connectivity index (χ4n) is 3.11. The van der Waals surface area contributed by atoms with E-state index in [4.69, 9.17) is 10.6 Å². The second-order valence-corrected chi connectivity index (χ2v) is 9.69. The molecule has 2 heterocycles. The topological polar surface area (TPSA) is 173 Å². The Balaban J connectivity index is 1.79. The molecular weight excluding hydrogens is 458 g/mol. The van der Waals surface area contributed by atoms with E-state index in [1.54, 1.807) is 11.4 Å². The maximum Gasteiger partial charge on any atom is 0.345 e. The van der Waals surface area contributed by atoms with Crippen LogP contribution in [0.5, 0.6) is 0 Å². The van der Waals surface area contributed by atoms with Crippen molar-refractivity contribution in [3.05, 3.63) is 41.4 Å². The number of hydrogen-bond acceptors (Lipinski definition) is 9. The number of hydrogen-bond donors (Lipinski definition) is 4. The van der Waals surface area contributed by atoms with E-state index < -0.39 is 33.7 Å². The Morgan fingerprint density at radius 3 is 2.62 bits per heavy atom. The van der Waals surface area contributed by atoms with Crippen molar-refractivity contribution in [2.75, 3.05) is 5.73 Å². The van der Waals surface area contributed by atoms with Crippen molar-refractivity contribution in [2.45, 2.75) is 48.8 Å². The molecule has 2 atom stereocenters. The molecule has 0 saturated heterocycles. The average molecular weight is 482 g/mol. The molecule has 5 N–H and O–H groups in total. The fourth-order valence-corrected chi connectivity index (χ4v) is 5.04. The molecule has 3 rings (SSSR count). The molecule has 0 spiro atoms. The number of oxime groups is 1. The van der Waals surface area contributed by atoms with Crippen LogP contribution in [0, 0.1) is 0 Å². The Bertz CT molecular complexity index is 1080. The molecular formula is C19H23N5O6S2. The van der Waals surface area contributed by atoms with Gasteiger partial charge in [-0.2, -0.15) is 4.72 Å². The van der Waals surface area contributed by atoms with Crippen molar-refractivity contribution in [1.82, 2.24) is 15.0 Å². The number of carbonyl (C=O) groups is 2. The molecule has 0 bridgehead atoms. The third kappa shape index (κ3) is 5.81. The highest BCUT2D eigenvalue weighted by Gasteiger charge is 2.45. The highest BCUT2D eigenvalue weighted by molar-refractivity contribution is 7.89. The number of aliphatic carboxylic acids is 1. The van der Waals surface area contributed by atoms with Crippen molar-refractivity contribution in [2.24, 2.45) is 5.16 Å². The zero-order valence-electron chi connectivity index (χ0n) is 16.9. The van der Waals surface area contributed by atoms with Crippen molar-refractivity contribution in [3.8, 4) is 0 Å². The molecule has 0 fully saturated rings. The summed E-state index contributed by atoms with van der Waals surface area (Å²) in [5, 5.41) is 18.1. The van der Waals surface area contributed by atoms with Gasteiger partial charge in [-0.1, -0.05) is 23.4 Å². The molecule has 2 aromatic rings. The van der Waals surface area contributed by atoms with E-state index in [0.29, 0.717) is 18.0 Å². The zero-order valence-corrected chi connectivity index (χ0v) is 18.6. The Hall–Kier alpha value is -3.03. The smallest absolute Gasteiger partial charge is 0.345 e. The van der Waals surface area contributed by atoms with E-state index in [2.05, 4.69) is 20.2 Å². The second-order valence-electron chi connectivity index (χ2n) is 7.12. The molecule has 0 saturated carbocycles. The summed E-state index contributed by atoms with van der Waals surface area (Å²) >= 11 is 1.30. The number of carboxylic acids is 1. The summed E-state index contributed by atoms with van der Waals surface area (Å²) < 4.78 is 28.0. The lowest BCUT2D eigenvalue weighted by Crippen LogP contribution is -2.66. The summed E-state index contributed by atoms with van der Waals surface area (Å²) in [5.41, 5.74) is 4.10. The minimum Gasteiger partial charge on any atom is -0.478 e. The first kappa shape index (κ1) is 23.6. The lowest BCUT2D eigenvalue weighted by atomic mass is 10.0. The largest absolute Gasteiger partial charge is 0.478 e. The number of thiazole rings is 1. The summed E-state index contributed by atoms with van der Waals surface area (Å²) in [6.07, 6.45) is 1.61. The third-order valence-corrected chi connectivity index (χ3v) is 6.98. The first-order valence-electron chi connectivity index (χ1n) is 9.74. The van der Waals surface area contributed by atoms with Crippen LogP contribution in [0.3, 0.4) is 0 Å². The number of rotatable bonds is 11. The number of carboxylic acid groups (broad SMARTS) is 1. The van der Waals surface area contributed by atoms with Crippen LogP contribution in [-0.2, 0) is 30.9 Å². The Labute approximate surface area is 188 Å². The van der Waals surface area contributed by atoms with Gasteiger partial charge in [0.25, 0.3) is 5.91 Å². The quantitative estimate of drug-likeness (QED) is 0.273. The zero-order chi connectivity index (χ0) is 23.2. The van der Waals surface area contributed by atoms with Gasteiger partial charge in [-0.25, -0.2) is 18.2 Å². The monoisotopic (exact) mass is 481 g/mol. The van der Waals surface area contributed by atoms with Crippen LogP contribution in [0.4, 0.5) is 5.13 Å². The van der Waals surface area contributed by atoms with Gasteiger partial charge in [0.15, 0.2) is 5.13 Å². The molecule has 13 heteroatoms. The number of anilines is 1. The third-order valence-electron chi connectivity index (χ3n) is 4.74. The number of nitrogens with one attached hydrogen (secondary N) is 2. The van der Waals surface area contributed by atoms with Gasteiger partial charge in [0.2, 0.25) is 21.8 Å². The van der Waals surface area contributed by atoms with Crippen LogP contribution in [0.15, 0.2) is 45.8 Å². The molecule has 1 aromatic carbocycles. The van der Waals surface area contributed by atoms with Crippen LogP contribution in [-0.4, -0.2) is 48.4 Å². The van der Waals surface area contributed by atoms with Gasteiger partial charge >= 0.3 is 5.97 Å². The van der Waals surface area contributed by atoms with Crippen LogP contribution < -0.4 is 15.8 Å². The second kappa shape index (κ2) is 10.1. The number of benzene rings is 1. The number of nitrogens with two attached hydrogens (primary N) is 1. The Morgan fingerprint density at radius 1 is 1.28 bits per heavy atom. The minimum absolute atomic E-state index is 0.127. The Kier molecular flexibility index (Phi) is 7.43. The van der Waals surface area contributed by atoms with E-state index in [1.165, 1.54) is 41.8 Å². The highest BCUT2D eigenvalue weighted by atomic mass is 32.2. The van der Waals surface area contributed by atoms with Crippen molar-refractivity contribution < 1.29 is 28.0 Å². The molecule has 1 aromatic heterocycles. The molecule has 1 aliphatic heterocycles. The van der Waals surface area contributed by atoms with Gasteiger partial charge in [-0.05, 0) is 37.8 Å². The molecule has 1 aliphatic rings. The van der Waals surface area contributed by atoms with Gasteiger partial charge in [-0.3, -0.25) is 4.79 Å².